The predicted molar refractivity (Wildman–Crippen MR) is 93.9 cm³/mol. The molecule has 1 aromatic carbocycles. The van der Waals surface area contributed by atoms with Gasteiger partial charge in [-0.3, -0.25) is 4.90 Å². The zero-order valence-electron chi connectivity index (χ0n) is 15.0. The van der Waals surface area contributed by atoms with Crippen LogP contribution in [0.15, 0.2) is 28.8 Å². The van der Waals surface area contributed by atoms with Gasteiger partial charge < -0.3 is 14.0 Å². The molecule has 6 nitrogen and oxygen atoms in total. The normalized spacial score (nSPS) is 12.3. The number of carbonyl (C=O) groups excluding carboxylic acids is 1. The summed E-state index contributed by atoms with van der Waals surface area (Å²) in [5, 5.41) is 4.74. The Bertz CT molecular complexity index is 756. The molecule has 0 unspecified atom stereocenters. The predicted octanol–water partition coefficient (Wildman–Crippen LogP) is 4.60. The Morgan fingerprint density at radius 2 is 2.08 bits per heavy atom. The number of amides is 1. The summed E-state index contributed by atoms with van der Waals surface area (Å²) < 4.78 is 16.3. The van der Waals surface area contributed by atoms with Crippen molar-refractivity contribution in [1.82, 2.24) is 5.16 Å². The summed E-state index contributed by atoms with van der Waals surface area (Å²) in [6.07, 6.45) is 1.42. The van der Waals surface area contributed by atoms with Crippen LogP contribution in [0.25, 0.3) is 16.7 Å². The van der Waals surface area contributed by atoms with Gasteiger partial charge in [0.2, 0.25) is 0 Å². The quantitative estimate of drug-likeness (QED) is 0.766. The topological polar surface area (TPSA) is 64.8 Å². The van der Waals surface area contributed by atoms with Crippen molar-refractivity contribution in [3.05, 3.63) is 29.8 Å². The summed E-state index contributed by atoms with van der Waals surface area (Å²) in [5.74, 6) is 1.20. The monoisotopic (exact) mass is 332 g/mol. The molecule has 6 heteroatoms. The molecule has 2 rings (SSSR count). The maximum Gasteiger partial charge on any atom is 0.415 e. The van der Waals surface area contributed by atoms with Crippen LogP contribution in [0.3, 0.4) is 0 Å². The summed E-state index contributed by atoms with van der Waals surface area (Å²) >= 11 is 0. The van der Waals surface area contributed by atoms with Gasteiger partial charge in [0.05, 0.1) is 12.0 Å². The Balaban J connectivity index is 2.33. The molecular formula is C18H24N2O4. The van der Waals surface area contributed by atoms with Gasteiger partial charge in [0.15, 0.2) is 11.4 Å². The highest BCUT2D eigenvalue weighted by Gasteiger charge is 2.24. The van der Waals surface area contributed by atoms with Gasteiger partial charge in [-0.1, -0.05) is 11.2 Å². The summed E-state index contributed by atoms with van der Waals surface area (Å²) in [4.78, 5) is 13.5. The molecule has 0 fully saturated rings. The van der Waals surface area contributed by atoms with Crippen molar-refractivity contribution in [1.29, 1.82) is 0 Å². The number of allylic oxidation sites excluding steroid dienone is 1. The number of anilines is 1. The zero-order valence-corrected chi connectivity index (χ0v) is 15.0. The fraction of sp³-hybridized carbons (Fsp3) is 0.444. The molecule has 0 atom stereocenters. The number of nitrogens with zero attached hydrogens (tertiary/aromatic N) is 2. The van der Waals surface area contributed by atoms with Gasteiger partial charge in [0.1, 0.15) is 11.4 Å². The van der Waals surface area contributed by atoms with Crippen LogP contribution in [-0.2, 0) is 9.47 Å². The average Bonchev–Trinajstić information content (AvgIpc) is 2.93. The van der Waals surface area contributed by atoms with E-state index in [-0.39, 0.29) is 0 Å². The molecule has 130 valence electrons. The molecule has 1 aromatic heterocycles. The first kappa shape index (κ1) is 17.8. The van der Waals surface area contributed by atoms with Crippen molar-refractivity contribution < 1.29 is 18.8 Å². The molecule has 0 spiro atoms. The molecule has 0 radical (unpaired) electrons. The Kier molecular flexibility index (Phi) is 5.17. The van der Waals surface area contributed by atoms with Gasteiger partial charge in [-0.15, -0.1) is 0 Å². The van der Waals surface area contributed by atoms with E-state index in [9.17, 15) is 4.79 Å². The van der Waals surface area contributed by atoms with E-state index in [1.807, 2.05) is 58.9 Å². The number of rotatable bonds is 4. The molecule has 0 aliphatic heterocycles. The van der Waals surface area contributed by atoms with Crippen LogP contribution in [0.1, 0.15) is 40.2 Å². The third-order valence-electron chi connectivity index (χ3n) is 3.28. The lowest BCUT2D eigenvalue weighted by Crippen LogP contribution is -2.34. The Labute approximate surface area is 142 Å². The van der Waals surface area contributed by atoms with Gasteiger partial charge in [-0.05, 0) is 52.8 Å². The summed E-state index contributed by atoms with van der Waals surface area (Å²) in [6, 6.07) is 5.62. The number of carbonyl (C=O) groups is 1. The molecular weight excluding hydrogens is 308 g/mol. The van der Waals surface area contributed by atoms with Gasteiger partial charge >= 0.3 is 6.09 Å². The minimum atomic E-state index is -0.573. The molecule has 2 aromatic rings. The first-order valence-electron chi connectivity index (χ1n) is 7.92. The van der Waals surface area contributed by atoms with E-state index in [1.54, 1.807) is 7.05 Å². The van der Waals surface area contributed by atoms with Crippen LogP contribution >= 0.6 is 0 Å². The molecule has 1 heterocycles. The first-order valence-corrected chi connectivity index (χ1v) is 7.92. The smallest absolute Gasteiger partial charge is 0.415 e. The number of fused-ring (bicyclic) bond motifs is 1. The first-order chi connectivity index (χ1) is 11.3. The minimum absolute atomic E-state index is 0.421. The lowest BCUT2D eigenvalue weighted by atomic mass is 10.1. The van der Waals surface area contributed by atoms with Gasteiger partial charge in [-0.2, -0.15) is 0 Å². The van der Waals surface area contributed by atoms with E-state index < -0.39 is 11.7 Å². The summed E-state index contributed by atoms with van der Waals surface area (Å²) in [6.45, 7) is 9.89. The van der Waals surface area contributed by atoms with Gasteiger partial charge in [0.25, 0.3) is 0 Å². The van der Waals surface area contributed by atoms with Crippen molar-refractivity contribution in [3.63, 3.8) is 0 Å². The van der Waals surface area contributed by atoms with Crippen molar-refractivity contribution >= 4 is 28.6 Å². The van der Waals surface area contributed by atoms with Gasteiger partial charge in [0, 0.05) is 12.6 Å². The lowest BCUT2D eigenvalue weighted by Gasteiger charge is -2.23. The SMILES string of the molecule is C/C=C(\OCC)c1ccc2c(N(C)C(=O)OC(C)(C)C)noc2c1. The average molecular weight is 332 g/mol. The highest BCUT2D eigenvalue weighted by Crippen LogP contribution is 2.29. The van der Waals surface area contributed by atoms with Crippen LogP contribution in [-0.4, -0.2) is 30.5 Å². The third kappa shape index (κ3) is 3.88. The second kappa shape index (κ2) is 6.95. The Morgan fingerprint density at radius 1 is 1.38 bits per heavy atom. The second-order valence-electron chi connectivity index (χ2n) is 6.34. The highest BCUT2D eigenvalue weighted by molar-refractivity contribution is 5.98. The maximum absolute atomic E-state index is 12.2. The molecule has 0 saturated heterocycles. The second-order valence-corrected chi connectivity index (χ2v) is 6.34. The van der Waals surface area contributed by atoms with E-state index in [0.717, 1.165) is 16.7 Å². The highest BCUT2D eigenvalue weighted by atomic mass is 16.6. The van der Waals surface area contributed by atoms with E-state index in [0.29, 0.717) is 18.0 Å². The lowest BCUT2D eigenvalue weighted by molar-refractivity contribution is 0.0587. The van der Waals surface area contributed by atoms with Gasteiger partial charge in [-0.25, -0.2) is 4.79 Å². The van der Waals surface area contributed by atoms with E-state index in [2.05, 4.69) is 5.16 Å². The molecule has 0 saturated carbocycles. The molecule has 24 heavy (non-hydrogen) atoms. The zero-order chi connectivity index (χ0) is 17.9. The molecule has 0 aliphatic carbocycles. The number of benzene rings is 1. The van der Waals surface area contributed by atoms with E-state index in [4.69, 9.17) is 14.0 Å². The number of ether oxygens (including phenoxy) is 2. The van der Waals surface area contributed by atoms with Crippen LogP contribution in [0, 0.1) is 0 Å². The summed E-state index contributed by atoms with van der Waals surface area (Å²) in [5.41, 5.74) is 0.905. The Hall–Kier alpha value is -2.50. The fourth-order valence-corrected chi connectivity index (χ4v) is 2.23. The third-order valence-corrected chi connectivity index (χ3v) is 3.28. The van der Waals surface area contributed by atoms with Crippen LogP contribution < -0.4 is 4.90 Å². The number of aromatic nitrogens is 1. The standard InChI is InChI=1S/C18H24N2O4/c1-7-14(22-8-2)12-9-10-13-15(11-12)24-19-16(13)20(6)17(21)23-18(3,4)5/h7,9-11H,8H2,1-6H3/b14-7-. The van der Waals surface area contributed by atoms with Crippen molar-refractivity contribution in [2.75, 3.05) is 18.6 Å². The van der Waals surface area contributed by atoms with Crippen LogP contribution in [0.5, 0.6) is 0 Å². The van der Waals surface area contributed by atoms with Crippen LogP contribution in [0.2, 0.25) is 0 Å². The van der Waals surface area contributed by atoms with Crippen molar-refractivity contribution in [3.8, 4) is 0 Å². The van der Waals surface area contributed by atoms with E-state index in [1.165, 1.54) is 4.90 Å². The Morgan fingerprint density at radius 3 is 2.67 bits per heavy atom. The minimum Gasteiger partial charge on any atom is -0.494 e. The maximum atomic E-state index is 12.2. The number of hydrogen-bond acceptors (Lipinski definition) is 5. The van der Waals surface area contributed by atoms with Crippen molar-refractivity contribution in [2.24, 2.45) is 0 Å². The molecule has 0 aliphatic rings. The molecule has 0 bridgehead atoms. The molecule has 1 amide bonds. The number of hydrogen-bond donors (Lipinski definition) is 0. The fourth-order valence-electron chi connectivity index (χ4n) is 2.23. The summed E-state index contributed by atoms with van der Waals surface area (Å²) in [7, 11) is 1.61. The van der Waals surface area contributed by atoms with Crippen LogP contribution in [0.4, 0.5) is 10.6 Å². The van der Waals surface area contributed by atoms with E-state index >= 15 is 0 Å². The van der Waals surface area contributed by atoms with Crippen molar-refractivity contribution in [2.45, 2.75) is 40.2 Å². The largest absolute Gasteiger partial charge is 0.494 e. The molecule has 0 N–H and O–H groups in total.